The molecule has 0 bridgehead atoms. The minimum absolute atomic E-state index is 0.188. The fourth-order valence-electron chi connectivity index (χ4n) is 2.40. The first-order chi connectivity index (χ1) is 10.4. The van der Waals surface area contributed by atoms with Crippen LogP contribution in [0.25, 0.3) is 0 Å². The van der Waals surface area contributed by atoms with Crippen molar-refractivity contribution in [2.45, 2.75) is 19.0 Å². The van der Waals surface area contributed by atoms with E-state index in [0.29, 0.717) is 29.7 Å². The molecule has 2 rings (SSSR count). The second kappa shape index (κ2) is 7.19. The van der Waals surface area contributed by atoms with Gasteiger partial charge in [-0.1, -0.05) is 29.3 Å². The topological polar surface area (TPSA) is 59.4 Å². The van der Waals surface area contributed by atoms with E-state index in [1.165, 1.54) is 0 Å². The molecule has 1 saturated heterocycles. The minimum atomic E-state index is -0.270. The van der Waals surface area contributed by atoms with Crippen LogP contribution in [0.15, 0.2) is 18.2 Å². The molecule has 1 heterocycles. The maximum atomic E-state index is 12.3. The van der Waals surface area contributed by atoms with Crippen LogP contribution >= 0.6 is 23.2 Å². The highest BCUT2D eigenvalue weighted by atomic mass is 35.5. The Morgan fingerprint density at radius 1 is 1.45 bits per heavy atom. The predicted octanol–water partition coefficient (Wildman–Crippen LogP) is 2.90. The Hall–Kier alpha value is -1.48. The summed E-state index contributed by atoms with van der Waals surface area (Å²) in [6.07, 6.45) is 0. The summed E-state index contributed by atoms with van der Waals surface area (Å²) < 4.78 is 0. The minimum Gasteiger partial charge on any atom is -0.331 e. The molecule has 1 N–H and O–H groups in total. The smallest absolute Gasteiger partial charge is 0.318 e. The summed E-state index contributed by atoms with van der Waals surface area (Å²) in [7, 11) is 1.89. The molecule has 1 fully saturated rings. The zero-order valence-electron chi connectivity index (χ0n) is 12.5. The molecule has 0 unspecified atom stereocenters. The maximum absolute atomic E-state index is 12.3. The van der Waals surface area contributed by atoms with Gasteiger partial charge in [-0.3, -0.25) is 4.90 Å². The SMILES string of the molecule is C[C@@H](NC(=O)N1CCN(C)[C@@H](C#N)C1)c1ccc(Cl)cc1Cl. The van der Waals surface area contributed by atoms with Crippen molar-refractivity contribution in [3.8, 4) is 6.07 Å². The van der Waals surface area contributed by atoms with Gasteiger partial charge in [0.05, 0.1) is 18.7 Å². The summed E-state index contributed by atoms with van der Waals surface area (Å²) in [5.74, 6) is 0. The van der Waals surface area contributed by atoms with Gasteiger partial charge in [0.25, 0.3) is 0 Å². The predicted molar refractivity (Wildman–Crippen MR) is 87.0 cm³/mol. The first-order valence-electron chi connectivity index (χ1n) is 7.02. The molecule has 1 aromatic rings. The Labute approximate surface area is 140 Å². The van der Waals surface area contributed by atoms with Crippen LogP contribution in [0.1, 0.15) is 18.5 Å². The van der Waals surface area contributed by atoms with Gasteiger partial charge < -0.3 is 10.2 Å². The highest BCUT2D eigenvalue weighted by molar-refractivity contribution is 6.35. The second-order valence-electron chi connectivity index (χ2n) is 5.41. The van der Waals surface area contributed by atoms with E-state index in [1.807, 2.05) is 18.9 Å². The number of piperazine rings is 1. The lowest BCUT2D eigenvalue weighted by Gasteiger charge is -2.36. The summed E-state index contributed by atoms with van der Waals surface area (Å²) in [4.78, 5) is 16.0. The van der Waals surface area contributed by atoms with Crippen molar-refractivity contribution >= 4 is 29.2 Å². The third kappa shape index (κ3) is 3.83. The summed E-state index contributed by atoms with van der Waals surface area (Å²) in [5.41, 5.74) is 0.811. The van der Waals surface area contributed by atoms with Crippen molar-refractivity contribution in [3.05, 3.63) is 33.8 Å². The number of rotatable bonds is 2. The van der Waals surface area contributed by atoms with Crippen molar-refractivity contribution < 1.29 is 4.79 Å². The second-order valence-corrected chi connectivity index (χ2v) is 6.25. The van der Waals surface area contributed by atoms with Crippen LogP contribution in [-0.4, -0.2) is 48.6 Å². The Kier molecular flexibility index (Phi) is 5.52. The van der Waals surface area contributed by atoms with Gasteiger partial charge in [-0.15, -0.1) is 0 Å². The largest absolute Gasteiger partial charge is 0.331 e. The van der Waals surface area contributed by atoms with E-state index in [2.05, 4.69) is 11.4 Å². The van der Waals surface area contributed by atoms with Gasteiger partial charge in [0, 0.05) is 23.1 Å². The van der Waals surface area contributed by atoms with Gasteiger partial charge in [-0.25, -0.2) is 4.79 Å². The normalized spacial score (nSPS) is 20.3. The molecule has 118 valence electrons. The molecule has 0 radical (unpaired) electrons. The quantitative estimate of drug-likeness (QED) is 0.900. The molecular formula is C15H18Cl2N4O. The van der Waals surface area contributed by atoms with E-state index in [-0.39, 0.29) is 18.1 Å². The Bertz CT molecular complexity index is 602. The lowest BCUT2D eigenvalue weighted by atomic mass is 10.1. The Morgan fingerprint density at radius 2 is 2.18 bits per heavy atom. The van der Waals surface area contributed by atoms with E-state index in [1.54, 1.807) is 23.1 Å². The molecule has 2 amide bonds. The third-order valence-corrected chi connectivity index (χ3v) is 4.42. The van der Waals surface area contributed by atoms with Gasteiger partial charge in [-0.05, 0) is 31.7 Å². The zero-order valence-corrected chi connectivity index (χ0v) is 14.0. The average molecular weight is 341 g/mol. The molecule has 1 aliphatic heterocycles. The molecule has 0 aromatic heterocycles. The van der Waals surface area contributed by atoms with Crippen LogP contribution in [0.3, 0.4) is 0 Å². The number of nitriles is 1. The average Bonchev–Trinajstić information content (AvgIpc) is 2.47. The first kappa shape index (κ1) is 16.9. The van der Waals surface area contributed by atoms with Gasteiger partial charge in [0.15, 0.2) is 0 Å². The molecule has 2 atom stereocenters. The fraction of sp³-hybridized carbons (Fsp3) is 0.467. The number of nitrogens with zero attached hydrogens (tertiary/aromatic N) is 3. The fourth-order valence-corrected chi connectivity index (χ4v) is 2.98. The lowest BCUT2D eigenvalue weighted by molar-refractivity contribution is 0.130. The van der Waals surface area contributed by atoms with Crippen LogP contribution in [0, 0.1) is 11.3 Å². The number of benzene rings is 1. The monoisotopic (exact) mass is 340 g/mol. The molecular weight excluding hydrogens is 323 g/mol. The number of carbonyl (C=O) groups excluding carboxylic acids is 1. The molecule has 0 spiro atoms. The standard InChI is InChI=1S/C15H18Cl2N4O/c1-10(13-4-3-11(16)7-14(13)17)19-15(22)21-6-5-20(2)12(8-18)9-21/h3-4,7,10,12H,5-6,9H2,1-2H3,(H,19,22)/t10-,12+/m1/s1. The summed E-state index contributed by atoms with van der Waals surface area (Å²) in [6.45, 7) is 3.55. The zero-order chi connectivity index (χ0) is 16.3. The van der Waals surface area contributed by atoms with E-state index in [0.717, 1.165) is 5.56 Å². The molecule has 0 saturated carbocycles. The summed E-state index contributed by atoms with van der Waals surface area (Å²) >= 11 is 12.0. The highest BCUT2D eigenvalue weighted by Gasteiger charge is 2.28. The number of likely N-dealkylation sites (N-methyl/N-ethyl adjacent to an activating group) is 1. The number of hydrogen-bond acceptors (Lipinski definition) is 3. The van der Waals surface area contributed by atoms with E-state index in [4.69, 9.17) is 28.5 Å². The van der Waals surface area contributed by atoms with Crippen LogP contribution in [0.2, 0.25) is 10.0 Å². The molecule has 5 nitrogen and oxygen atoms in total. The van der Waals surface area contributed by atoms with Crippen molar-refractivity contribution in [2.75, 3.05) is 26.7 Å². The Morgan fingerprint density at radius 3 is 2.82 bits per heavy atom. The van der Waals surface area contributed by atoms with Crippen molar-refractivity contribution in [2.24, 2.45) is 0 Å². The van der Waals surface area contributed by atoms with Crippen LogP contribution in [0.5, 0.6) is 0 Å². The van der Waals surface area contributed by atoms with Gasteiger partial charge >= 0.3 is 6.03 Å². The van der Waals surface area contributed by atoms with Crippen molar-refractivity contribution in [1.82, 2.24) is 15.1 Å². The van der Waals surface area contributed by atoms with Gasteiger partial charge in [0.2, 0.25) is 0 Å². The summed E-state index contributed by atoms with van der Waals surface area (Å²) in [6, 6.07) is 6.71. The number of urea groups is 1. The van der Waals surface area contributed by atoms with Gasteiger partial charge in [-0.2, -0.15) is 5.26 Å². The number of hydrogen-bond donors (Lipinski definition) is 1. The van der Waals surface area contributed by atoms with Crippen LogP contribution in [0.4, 0.5) is 4.79 Å². The van der Waals surface area contributed by atoms with Crippen LogP contribution < -0.4 is 5.32 Å². The number of halogens is 2. The van der Waals surface area contributed by atoms with Crippen molar-refractivity contribution in [3.63, 3.8) is 0 Å². The third-order valence-electron chi connectivity index (χ3n) is 3.85. The Balaban J connectivity index is 2.01. The lowest BCUT2D eigenvalue weighted by Crippen LogP contribution is -2.55. The van der Waals surface area contributed by atoms with E-state index >= 15 is 0 Å². The van der Waals surface area contributed by atoms with Gasteiger partial charge in [0.1, 0.15) is 6.04 Å². The molecule has 1 aromatic carbocycles. The van der Waals surface area contributed by atoms with Crippen molar-refractivity contribution in [1.29, 1.82) is 5.26 Å². The number of nitrogens with one attached hydrogen (secondary N) is 1. The molecule has 1 aliphatic rings. The highest BCUT2D eigenvalue weighted by Crippen LogP contribution is 2.26. The van der Waals surface area contributed by atoms with E-state index in [9.17, 15) is 4.79 Å². The van der Waals surface area contributed by atoms with Crippen LogP contribution in [-0.2, 0) is 0 Å². The first-order valence-corrected chi connectivity index (χ1v) is 7.78. The maximum Gasteiger partial charge on any atom is 0.318 e. The molecule has 22 heavy (non-hydrogen) atoms. The molecule has 7 heteroatoms. The van der Waals surface area contributed by atoms with E-state index < -0.39 is 0 Å². The summed E-state index contributed by atoms with van der Waals surface area (Å²) in [5, 5.41) is 13.1. The number of amides is 2. The molecule has 0 aliphatic carbocycles. The number of carbonyl (C=O) groups is 1.